The van der Waals surface area contributed by atoms with Crippen molar-refractivity contribution >= 4 is 20.8 Å². The van der Waals surface area contributed by atoms with Crippen LogP contribution in [0.4, 0.5) is 0 Å². The van der Waals surface area contributed by atoms with Crippen LogP contribution in [-0.2, 0) is 10.0 Å². The lowest BCUT2D eigenvalue weighted by Crippen LogP contribution is -2.32. The zero-order chi connectivity index (χ0) is 18.2. The van der Waals surface area contributed by atoms with Crippen molar-refractivity contribution in [3.8, 4) is 0 Å². The third kappa shape index (κ3) is 3.51. The molecular weight excluding hydrogens is 334 g/mol. The van der Waals surface area contributed by atoms with E-state index in [1.807, 2.05) is 39.0 Å². The molecule has 0 bridgehead atoms. The number of rotatable bonds is 4. The predicted octanol–water partition coefficient (Wildman–Crippen LogP) is 2.85. The van der Waals surface area contributed by atoms with Crippen LogP contribution in [0.3, 0.4) is 0 Å². The van der Waals surface area contributed by atoms with Gasteiger partial charge in [0.15, 0.2) is 0 Å². The molecule has 5 nitrogen and oxygen atoms in total. The van der Waals surface area contributed by atoms with Crippen molar-refractivity contribution < 1.29 is 8.42 Å². The number of hydrogen-bond acceptors (Lipinski definition) is 4. The van der Waals surface area contributed by atoms with Crippen LogP contribution in [0.2, 0.25) is 0 Å². The van der Waals surface area contributed by atoms with E-state index < -0.39 is 10.0 Å². The van der Waals surface area contributed by atoms with Crippen molar-refractivity contribution in [3.05, 3.63) is 40.5 Å². The van der Waals surface area contributed by atoms with E-state index in [-0.39, 0.29) is 0 Å². The van der Waals surface area contributed by atoms with Crippen LogP contribution in [0.5, 0.6) is 0 Å². The fourth-order valence-electron chi connectivity index (χ4n) is 3.68. The van der Waals surface area contributed by atoms with Gasteiger partial charge in [0.2, 0.25) is 0 Å². The number of likely N-dealkylation sites (N-methyl/N-ethyl adjacent to an activating group) is 1. The summed E-state index contributed by atoms with van der Waals surface area (Å²) >= 11 is 0. The molecule has 0 radical (unpaired) electrons. The van der Waals surface area contributed by atoms with Crippen molar-refractivity contribution in [3.63, 3.8) is 0 Å². The number of amidine groups is 1. The molecule has 25 heavy (non-hydrogen) atoms. The Morgan fingerprint density at radius 3 is 2.68 bits per heavy atom. The minimum absolute atomic E-state index is 0.355. The molecule has 1 aromatic carbocycles. The van der Waals surface area contributed by atoms with Gasteiger partial charge >= 0.3 is 0 Å². The summed E-state index contributed by atoms with van der Waals surface area (Å²) in [6.45, 7) is 10.8. The fraction of sp³-hybridized carbons (Fsp3) is 0.526. The number of nitrogens with one attached hydrogen (secondary N) is 1. The molecular formula is C19H27N3O2S. The predicted molar refractivity (Wildman–Crippen MR) is 103 cm³/mol. The second-order valence-electron chi connectivity index (χ2n) is 6.97. The first-order chi connectivity index (χ1) is 11.8. The van der Waals surface area contributed by atoms with Gasteiger partial charge in [-0.05, 0) is 63.4 Å². The summed E-state index contributed by atoms with van der Waals surface area (Å²) in [5.74, 6) is 0.496. The standard InChI is InChI=1S/C19H27N3O2S/c1-5-22-10-6-7-17(22)12-20-19-15(4)18(25(23,24)21-19)16-9-8-13(2)14(3)11-16/h8-9,11,17H,5-7,10,12H2,1-4H3,(H,20,21). The van der Waals surface area contributed by atoms with Gasteiger partial charge in [-0.25, -0.2) is 8.42 Å². The Morgan fingerprint density at radius 1 is 1.24 bits per heavy atom. The van der Waals surface area contributed by atoms with Crippen LogP contribution < -0.4 is 4.72 Å². The summed E-state index contributed by atoms with van der Waals surface area (Å²) < 4.78 is 27.9. The van der Waals surface area contributed by atoms with Gasteiger partial charge in [0.05, 0.1) is 6.54 Å². The normalized spacial score (nSPS) is 25.0. The molecule has 1 fully saturated rings. The molecule has 3 rings (SSSR count). The van der Waals surface area contributed by atoms with Crippen LogP contribution in [-0.4, -0.2) is 44.8 Å². The summed E-state index contributed by atoms with van der Waals surface area (Å²) in [6, 6.07) is 6.19. The molecule has 1 aromatic rings. The number of likely N-dealkylation sites (tertiary alicyclic amines) is 1. The molecule has 0 saturated carbocycles. The van der Waals surface area contributed by atoms with Crippen LogP contribution in [0, 0.1) is 13.8 Å². The van der Waals surface area contributed by atoms with E-state index in [2.05, 4.69) is 21.5 Å². The van der Waals surface area contributed by atoms with E-state index in [0.717, 1.165) is 36.2 Å². The molecule has 0 spiro atoms. The maximum Gasteiger partial charge on any atom is 0.264 e. The molecule has 0 aliphatic carbocycles. The lowest BCUT2D eigenvalue weighted by Gasteiger charge is -2.20. The van der Waals surface area contributed by atoms with Gasteiger partial charge < -0.3 is 0 Å². The molecule has 2 aliphatic rings. The average molecular weight is 362 g/mol. The fourth-order valence-corrected chi connectivity index (χ4v) is 5.20. The highest BCUT2D eigenvalue weighted by atomic mass is 32.2. The van der Waals surface area contributed by atoms with Crippen molar-refractivity contribution in [1.29, 1.82) is 0 Å². The average Bonchev–Trinajstić information content (AvgIpc) is 3.10. The highest BCUT2D eigenvalue weighted by molar-refractivity contribution is 8.00. The van der Waals surface area contributed by atoms with Crippen LogP contribution >= 0.6 is 0 Å². The largest absolute Gasteiger partial charge is 0.299 e. The molecule has 1 atom stereocenters. The maximum atomic E-state index is 12.6. The number of hydrogen-bond donors (Lipinski definition) is 1. The Hall–Kier alpha value is -1.66. The quantitative estimate of drug-likeness (QED) is 0.897. The molecule has 2 heterocycles. The van der Waals surface area contributed by atoms with E-state index in [9.17, 15) is 8.42 Å². The monoisotopic (exact) mass is 361 g/mol. The van der Waals surface area contributed by atoms with E-state index >= 15 is 0 Å². The van der Waals surface area contributed by atoms with Crippen LogP contribution in [0.1, 0.15) is 43.4 Å². The van der Waals surface area contributed by atoms with Crippen LogP contribution in [0.15, 0.2) is 28.8 Å². The van der Waals surface area contributed by atoms with E-state index in [1.165, 1.54) is 6.42 Å². The molecule has 1 unspecified atom stereocenters. The highest BCUT2D eigenvalue weighted by Crippen LogP contribution is 2.31. The minimum atomic E-state index is -3.55. The van der Waals surface area contributed by atoms with Crippen molar-refractivity contribution in [2.45, 2.75) is 46.6 Å². The summed E-state index contributed by atoms with van der Waals surface area (Å²) in [4.78, 5) is 7.39. The van der Waals surface area contributed by atoms with Gasteiger partial charge in [0.25, 0.3) is 10.0 Å². The van der Waals surface area contributed by atoms with Gasteiger partial charge in [-0.15, -0.1) is 0 Å². The zero-order valence-electron chi connectivity index (χ0n) is 15.5. The first-order valence-electron chi connectivity index (χ1n) is 8.93. The van der Waals surface area contributed by atoms with E-state index in [1.54, 1.807) is 0 Å². The van der Waals surface area contributed by atoms with Gasteiger partial charge in [0, 0.05) is 11.6 Å². The molecule has 136 valence electrons. The summed E-state index contributed by atoms with van der Waals surface area (Å²) in [6.07, 6.45) is 2.32. The molecule has 6 heteroatoms. The van der Waals surface area contributed by atoms with Gasteiger partial charge in [-0.2, -0.15) is 0 Å². The Bertz CT molecular complexity index is 840. The summed E-state index contributed by atoms with van der Waals surface area (Å²) in [5.41, 5.74) is 3.68. The van der Waals surface area contributed by atoms with Gasteiger partial charge in [-0.1, -0.05) is 25.1 Å². The first-order valence-corrected chi connectivity index (χ1v) is 10.4. The lowest BCUT2D eigenvalue weighted by atomic mass is 10.0. The van der Waals surface area contributed by atoms with Crippen molar-refractivity contribution in [1.82, 2.24) is 9.62 Å². The minimum Gasteiger partial charge on any atom is -0.299 e. The number of aryl methyl sites for hydroxylation is 2. The Balaban J connectivity index is 1.91. The number of nitrogens with zero attached hydrogens (tertiary/aromatic N) is 2. The third-order valence-electron chi connectivity index (χ3n) is 5.33. The topological polar surface area (TPSA) is 61.8 Å². The van der Waals surface area contributed by atoms with Crippen LogP contribution in [0.25, 0.3) is 4.91 Å². The summed E-state index contributed by atoms with van der Waals surface area (Å²) in [5, 5.41) is 0. The number of sulfonamides is 1. The Kier molecular flexibility index (Phi) is 5.02. The van der Waals surface area contributed by atoms with Gasteiger partial charge in [-0.3, -0.25) is 14.6 Å². The Morgan fingerprint density at radius 2 is 2.00 bits per heavy atom. The molecule has 2 aliphatic heterocycles. The number of aliphatic imine (C=N–C) groups is 1. The first kappa shape index (κ1) is 18.1. The van der Waals surface area contributed by atoms with Crippen molar-refractivity contribution in [2.75, 3.05) is 19.6 Å². The highest BCUT2D eigenvalue weighted by Gasteiger charge is 2.33. The smallest absolute Gasteiger partial charge is 0.264 e. The number of benzene rings is 1. The SMILES string of the molecule is CCN1CCCC1CN=C1NS(=O)(=O)C(c2ccc(C)c(C)c2)=C1C. The molecule has 0 amide bonds. The van der Waals surface area contributed by atoms with Gasteiger partial charge in [0.1, 0.15) is 10.7 Å². The maximum absolute atomic E-state index is 12.6. The second-order valence-corrected chi connectivity index (χ2v) is 8.59. The molecule has 1 saturated heterocycles. The zero-order valence-corrected chi connectivity index (χ0v) is 16.3. The second kappa shape index (κ2) is 6.92. The Labute approximate surface area is 150 Å². The molecule has 1 N–H and O–H groups in total. The van der Waals surface area contributed by atoms with E-state index in [4.69, 9.17) is 0 Å². The lowest BCUT2D eigenvalue weighted by molar-refractivity contribution is 0.273. The summed E-state index contributed by atoms with van der Waals surface area (Å²) in [7, 11) is -3.55. The molecule has 0 aromatic heterocycles. The third-order valence-corrected chi connectivity index (χ3v) is 6.87. The van der Waals surface area contributed by atoms with E-state index in [0.29, 0.717) is 28.9 Å². The van der Waals surface area contributed by atoms with Crippen molar-refractivity contribution in [2.24, 2.45) is 4.99 Å².